The first-order valence-electron chi connectivity index (χ1n) is 7.28. The Hall–Kier alpha value is -2.35. The number of thiazole rings is 1. The average molecular weight is 409 g/mol. The molecule has 0 fully saturated rings. The molecule has 0 saturated heterocycles. The first-order chi connectivity index (χ1) is 12.4. The van der Waals surface area contributed by atoms with Crippen LogP contribution in [0.3, 0.4) is 0 Å². The molecule has 0 aliphatic heterocycles. The second-order valence-electron chi connectivity index (χ2n) is 5.12. The number of carbonyl (C=O) groups excluding carboxylic acids is 1. The lowest BCUT2D eigenvalue weighted by atomic mass is 10.2. The zero-order valence-corrected chi connectivity index (χ0v) is 15.5. The summed E-state index contributed by atoms with van der Waals surface area (Å²) < 4.78 is 24.9. The van der Waals surface area contributed by atoms with E-state index in [9.17, 15) is 13.6 Å². The van der Waals surface area contributed by atoms with E-state index < -0.39 is 17.5 Å². The third-order valence-corrected chi connectivity index (χ3v) is 5.56. The standard InChI is InChI=1S/C12H7ClN2OS2.C6H4F2/c13-7-4-8-11(17-5-15-8)3-6(7)9-1-2-10(18-9)12(14)16;7-5-2-1-3-6(8)4-5/h1-5H,(H2,14,16);1-4H. The summed E-state index contributed by atoms with van der Waals surface area (Å²) >= 11 is 9.14. The van der Waals surface area contributed by atoms with E-state index in [0.717, 1.165) is 26.7 Å². The van der Waals surface area contributed by atoms with Crippen molar-refractivity contribution in [1.82, 2.24) is 4.98 Å². The number of halogens is 3. The number of hydrogen-bond acceptors (Lipinski definition) is 4. The van der Waals surface area contributed by atoms with Gasteiger partial charge in [-0.05, 0) is 36.4 Å². The van der Waals surface area contributed by atoms with Crippen molar-refractivity contribution in [2.45, 2.75) is 0 Å². The number of nitrogens with two attached hydrogens (primary N) is 1. The van der Waals surface area contributed by atoms with Crippen LogP contribution in [0.15, 0.2) is 54.0 Å². The van der Waals surface area contributed by atoms with Crippen molar-refractivity contribution >= 4 is 50.4 Å². The van der Waals surface area contributed by atoms with Gasteiger partial charge in [0.1, 0.15) is 11.6 Å². The molecule has 0 bridgehead atoms. The molecule has 2 aromatic heterocycles. The average Bonchev–Trinajstić information content (AvgIpc) is 3.23. The summed E-state index contributed by atoms with van der Waals surface area (Å²) in [5.74, 6) is -1.49. The summed E-state index contributed by atoms with van der Waals surface area (Å²) in [5, 5.41) is 0.631. The summed E-state index contributed by atoms with van der Waals surface area (Å²) in [5.41, 5.74) is 8.83. The summed E-state index contributed by atoms with van der Waals surface area (Å²) in [6.45, 7) is 0. The van der Waals surface area contributed by atoms with Gasteiger partial charge >= 0.3 is 0 Å². The molecule has 0 spiro atoms. The van der Waals surface area contributed by atoms with Gasteiger partial charge in [-0.2, -0.15) is 0 Å². The second-order valence-corrected chi connectivity index (χ2v) is 7.50. The van der Waals surface area contributed by atoms with Crippen molar-refractivity contribution < 1.29 is 13.6 Å². The molecule has 4 aromatic rings. The first-order valence-corrected chi connectivity index (χ1v) is 9.35. The number of primary amides is 1. The van der Waals surface area contributed by atoms with E-state index in [0.29, 0.717) is 9.90 Å². The number of rotatable bonds is 2. The van der Waals surface area contributed by atoms with Crippen LogP contribution in [-0.4, -0.2) is 10.9 Å². The highest BCUT2D eigenvalue weighted by Crippen LogP contribution is 2.36. The minimum absolute atomic E-state index is 0.416. The molecule has 2 N–H and O–H groups in total. The Kier molecular flexibility index (Phi) is 5.61. The van der Waals surface area contributed by atoms with Crippen LogP contribution in [-0.2, 0) is 0 Å². The molecule has 8 heteroatoms. The van der Waals surface area contributed by atoms with Crippen LogP contribution >= 0.6 is 34.3 Å². The van der Waals surface area contributed by atoms with Crippen LogP contribution in [0.25, 0.3) is 20.7 Å². The Balaban J connectivity index is 0.000000206. The molecule has 0 unspecified atom stereocenters. The number of carbonyl (C=O) groups is 1. The lowest BCUT2D eigenvalue weighted by molar-refractivity contribution is 0.100. The van der Waals surface area contributed by atoms with E-state index >= 15 is 0 Å². The first kappa shape index (κ1) is 18.4. The Morgan fingerprint density at radius 3 is 2.38 bits per heavy atom. The SMILES string of the molecule is Fc1cccc(F)c1.NC(=O)c1ccc(-c2cc3scnc3cc2Cl)s1. The van der Waals surface area contributed by atoms with E-state index in [1.165, 1.54) is 29.5 Å². The fourth-order valence-corrected chi connectivity index (χ4v) is 4.04. The van der Waals surface area contributed by atoms with Gasteiger partial charge in [-0.15, -0.1) is 22.7 Å². The minimum atomic E-state index is -0.537. The summed E-state index contributed by atoms with van der Waals surface area (Å²) in [4.78, 5) is 16.8. The summed E-state index contributed by atoms with van der Waals surface area (Å²) in [7, 11) is 0. The van der Waals surface area contributed by atoms with Crippen LogP contribution < -0.4 is 5.73 Å². The third-order valence-electron chi connectivity index (χ3n) is 3.32. The molecule has 0 atom stereocenters. The molecule has 26 heavy (non-hydrogen) atoms. The molecule has 0 aliphatic rings. The zero-order chi connectivity index (χ0) is 18.7. The van der Waals surface area contributed by atoms with Crippen LogP contribution in [0, 0.1) is 11.6 Å². The van der Waals surface area contributed by atoms with Gasteiger partial charge in [0.25, 0.3) is 5.91 Å². The maximum Gasteiger partial charge on any atom is 0.258 e. The second kappa shape index (κ2) is 7.90. The van der Waals surface area contributed by atoms with Crippen LogP contribution in [0.1, 0.15) is 9.67 Å². The number of aromatic nitrogens is 1. The van der Waals surface area contributed by atoms with E-state index in [-0.39, 0.29) is 0 Å². The monoisotopic (exact) mass is 408 g/mol. The van der Waals surface area contributed by atoms with Crippen molar-refractivity contribution in [3.63, 3.8) is 0 Å². The van der Waals surface area contributed by atoms with Crippen molar-refractivity contribution in [3.05, 3.63) is 75.6 Å². The predicted molar refractivity (Wildman–Crippen MR) is 103 cm³/mol. The number of fused-ring (bicyclic) bond motifs is 1. The highest BCUT2D eigenvalue weighted by atomic mass is 35.5. The van der Waals surface area contributed by atoms with Gasteiger partial charge in [-0.1, -0.05) is 17.7 Å². The van der Waals surface area contributed by atoms with E-state index in [4.69, 9.17) is 17.3 Å². The molecular formula is C18H11ClF2N2OS2. The van der Waals surface area contributed by atoms with Crippen LogP contribution in [0.2, 0.25) is 5.02 Å². The molecule has 3 nitrogen and oxygen atoms in total. The van der Waals surface area contributed by atoms with Crippen molar-refractivity contribution in [2.75, 3.05) is 0 Å². The van der Waals surface area contributed by atoms with Gasteiger partial charge in [0.05, 0.1) is 25.6 Å². The highest BCUT2D eigenvalue weighted by molar-refractivity contribution is 7.18. The van der Waals surface area contributed by atoms with Gasteiger partial charge in [0.15, 0.2) is 0 Å². The molecule has 0 saturated carbocycles. The molecule has 132 valence electrons. The zero-order valence-electron chi connectivity index (χ0n) is 13.1. The van der Waals surface area contributed by atoms with Gasteiger partial charge in [-0.25, -0.2) is 13.8 Å². The fourth-order valence-electron chi connectivity index (χ4n) is 2.14. The van der Waals surface area contributed by atoms with E-state index in [1.807, 2.05) is 18.2 Å². The largest absolute Gasteiger partial charge is 0.365 e. The number of benzene rings is 2. The third kappa shape index (κ3) is 4.24. The smallest absolute Gasteiger partial charge is 0.258 e. The normalized spacial score (nSPS) is 10.4. The maximum atomic E-state index is 11.9. The van der Waals surface area contributed by atoms with E-state index in [1.54, 1.807) is 22.9 Å². The minimum Gasteiger partial charge on any atom is -0.365 e. The van der Waals surface area contributed by atoms with Crippen LogP contribution in [0.5, 0.6) is 0 Å². The number of thiophene rings is 1. The van der Waals surface area contributed by atoms with Gasteiger partial charge < -0.3 is 5.73 Å². The predicted octanol–water partition coefficient (Wildman–Crippen LogP) is 5.74. The molecule has 1 amide bonds. The number of amides is 1. The van der Waals surface area contributed by atoms with Gasteiger partial charge in [0.2, 0.25) is 0 Å². The molecular weight excluding hydrogens is 398 g/mol. The fraction of sp³-hybridized carbons (Fsp3) is 0. The van der Waals surface area contributed by atoms with Crippen molar-refractivity contribution in [2.24, 2.45) is 5.73 Å². The quantitative estimate of drug-likeness (QED) is 0.459. The molecule has 4 rings (SSSR count). The topological polar surface area (TPSA) is 56.0 Å². The Labute approximate surface area is 160 Å². The lowest BCUT2D eigenvalue weighted by Crippen LogP contribution is -2.07. The lowest BCUT2D eigenvalue weighted by Gasteiger charge is -2.01. The summed E-state index contributed by atoms with van der Waals surface area (Å²) in [6.07, 6.45) is 0. The van der Waals surface area contributed by atoms with Gasteiger partial charge in [-0.3, -0.25) is 4.79 Å². The van der Waals surface area contributed by atoms with E-state index in [2.05, 4.69) is 4.98 Å². The molecule has 2 heterocycles. The highest BCUT2D eigenvalue weighted by Gasteiger charge is 2.11. The van der Waals surface area contributed by atoms with Crippen molar-refractivity contribution in [1.29, 1.82) is 0 Å². The molecule has 0 aliphatic carbocycles. The number of hydrogen-bond donors (Lipinski definition) is 1. The Bertz CT molecular complexity index is 1060. The Morgan fingerprint density at radius 2 is 1.81 bits per heavy atom. The Morgan fingerprint density at radius 1 is 1.08 bits per heavy atom. The maximum absolute atomic E-state index is 11.9. The summed E-state index contributed by atoms with van der Waals surface area (Å²) in [6, 6.07) is 12.0. The van der Waals surface area contributed by atoms with Crippen LogP contribution in [0.4, 0.5) is 8.78 Å². The van der Waals surface area contributed by atoms with Gasteiger partial charge in [0, 0.05) is 16.5 Å². The number of nitrogens with zero attached hydrogens (tertiary/aromatic N) is 1. The van der Waals surface area contributed by atoms with Crippen molar-refractivity contribution in [3.8, 4) is 10.4 Å². The molecule has 0 radical (unpaired) electrons. The molecule has 2 aromatic carbocycles.